The second-order valence-electron chi connectivity index (χ2n) is 6.40. The summed E-state index contributed by atoms with van der Waals surface area (Å²) in [5.74, 6) is -0.202. The standard InChI is InChI=1S/C18H23Cl2N5/c1-23-18(15(8-21)9-22)24-10-14-3-2-6-25(12-14)11-13-4-5-16(19)17(20)7-13/h4-5,7,14-15,18,23-24H,2-3,6,10-12H2,1H3. The number of nitrogens with zero attached hydrogens (tertiary/aromatic N) is 3. The number of nitriles is 2. The molecule has 0 aliphatic carbocycles. The van der Waals surface area contributed by atoms with Crippen molar-refractivity contribution in [1.82, 2.24) is 15.5 Å². The van der Waals surface area contributed by atoms with Crippen LogP contribution in [0.25, 0.3) is 0 Å². The highest BCUT2D eigenvalue weighted by molar-refractivity contribution is 6.42. The molecule has 1 aromatic rings. The summed E-state index contributed by atoms with van der Waals surface area (Å²) in [5.41, 5.74) is 1.16. The van der Waals surface area contributed by atoms with Gasteiger partial charge in [0.1, 0.15) is 0 Å². The van der Waals surface area contributed by atoms with Crippen LogP contribution in [0.5, 0.6) is 0 Å². The molecule has 0 radical (unpaired) electrons. The van der Waals surface area contributed by atoms with Crippen LogP contribution in [0.1, 0.15) is 18.4 Å². The van der Waals surface area contributed by atoms with Crippen LogP contribution in [0.4, 0.5) is 0 Å². The molecule has 2 N–H and O–H groups in total. The van der Waals surface area contributed by atoms with E-state index in [9.17, 15) is 0 Å². The fourth-order valence-corrected chi connectivity index (χ4v) is 3.54. The lowest BCUT2D eigenvalue weighted by Crippen LogP contribution is -2.49. The largest absolute Gasteiger partial charge is 0.303 e. The normalized spacial score (nSPS) is 19.4. The van der Waals surface area contributed by atoms with Crippen molar-refractivity contribution < 1.29 is 0 Å². The van der Waals surface area contributed by atoms with Gasteiger partial charge in [-0.25, -0.2) is 0 Å². The molecule has 0 spiro atoms. The van der Waals surface area contributed by atoms with Crippen molar-refractivity contribution in [1.29, 1.82) is 10.5 Å². The van der Waals surface area contributed by atoms with E-state index in [0.717, 1.165) is 44.6 Å². The van der Waals surface area contributed by atoms with E-state index in [1.54, 1.807) is 7.05 Å². The van der Waals surface area contributed by atoms with E-state index in [1.165, 1.54) is 0 Å². The summed E-state index contributed by atoms with van der Waals surface area (Å²) in [6.07, 6.45) is 1.98. The Morgan fingerprint density at radius 1 is 1.28 bits per heavy atom. The summed E-state index contributed by atoms with van der Waals surface area (Å²) in [5, 5.41) is 25.6. The molecule has 1 saturated heterocycles. The zero-order valence-electron chi connectivity index (χ0n) is 14.3. The lowest BCUT2D eigenvalue weighted by atomic mass is 9.97. The Kier molecular flexibility index (Phi) is 7.96. The monoisotopic (exact) mass is 379 g/mol. The zero-order valence-corrected chi connectivity index (χ0v) is 15.8. The molecule has 0 amide bonds. The molecule has 2 atom stereocenters. The molecular weight excluding hydrogens is 357 g/mol. The Labute approximate surface area is 159 Å². The van der Waals surface area contributed by atoms with Crippen LogP contribution in [0.2, 0.25) is 10.0 Å². The predicted octanol–water partition coefficient (Wildman–Crippen LogP) is 3.00. The van der Waals surface area contributed by atoms with E-state index in [0.29, 0.717) is 16.0 Å². The van der Waals surface area contributed by atoms with E-state index in [1.807, 2.05) is 30.3 Å². The highest BCUT2D eigenvalue weighted by Gasteiger charge is 2.23. The third kappa shape index (κ3) is 5.85. The van der Waals surface area contributed by atoms with Gasteiger partial charge >= 0.3 is 0 Å². The maximum atomic E-state index is 9.03. The van der Waals surface area contributed by atoms with Gasteiger partial charge in [0, 0.05) is 19.6 Å². The Morgan fingerprint density at radius 2 is 2.04 bits per heavy atom. The number of rotatable bonds is 7. The molecular formula is C18H23Cl2N5. The van der Waals surface area contributed by atoms with Crippen molar-refractivity contribution in [2.24, 2.45) is 11.8 Å². The van der Waals surface area contributed by atoms with Gasteiger partial charge in [-0.2, -0.15) is 10.5 Å². The minimum absolute atomic E-state index is 0.305. The van der Waals surface area contributed by atoms with Gasteiger partial charge in [0.2, 0.25) is 0 Å². The average Bonchev–Trinajstić information content (AvgIpc) is 2.62. The van der Waals surface area contributed by atoms with E-state index in [2.05, 4.69) is 15.5 Å². The van der Waals surface area contributed by atoms with Gasteiger partial charge in [-0.05, 0) is 50.0 Å². The first kappa shape index (κ1) is 20.0. The summed E-state index contributed by atoms with van der Waals surface area (Å²) in [4.78, 5) is 2.41. The van der Waals surface area contributed by atoms with Gasteiger partial charge in [-0.15, -0.1) is 0 Å². The van der Waals surface area contributed by atoms with Gasteiger partial charge in [-0.3, -0.25) is 10.2 Å². The number of piperidine rings is 1. The van der Waals surface area contributed by atoms with Crippen LogP contribution in [0, 0.1) is 34.5 Å². The molecule has 5 nitrogen and oxygen atoms in total. The van der Waals surface area contributed by atoms with Crippen LogP contribution >= 0.6 is 23.2 Å². The number of nitrogens with one attached hydrogen (secondary N) is 2. The fraction of sp³-hybridized carbons (Fsp3) is 0.556. The molecule has 1 aliphatic rings. The minimum Gasteiger partial charge on any atom is -0.303 e. The van der Waals surface area contributed by atoms with Crippen LogP contribution in [0.3, 0.4) is 0 Å². The van der Waals surface area contributed by atoms with Crippen molar-refractivity contribution in [2.45, 2.75) is 25.6 Å². The average molecular weight is 380 g/mol. The van der Waals surface area contributed by atoms with Crippen molar-refractivity contribution in [3.05, 3.63) is 33.8 Å². The summed E-state index contributed by atoms with van der Waals surface area (Å²) >= 11 is 12.1. The third-order valence-corrected chi connectivity index (χ3v) is 5.28. The number of halogens is 2. The summed E-state index contributed by atoms with van der Waals surface area (Å²) < 4.78 is 0. The molecule has 1 heterocycles. The first-order valence-corrected chi connectivity index (χ1v) is 9.19. The summed E-state index contributed by atoms with van der Waals surface area (Å²) in [6, 6.07) is 9.82. The molecule has 7 heteroatoms. The zero-order chi connectivity index (χ0) is 18.2. The Bertz CT molecular complexity index is 638. The van der Waals surface area contributed by atoms with E-state index >= 15 is 0 Å². The van der Waals surface area contributed by atoms with Gasteiger partial charge < -0.3 is 5.32 Å². The maximum Gasteiger partial charge on any atom is 0.161 e. The quantitative estimate of drug-likeness (QED) is 0.712. The van der Waals surface area contributed by atoms with E-state index in [4.69, 9.17) is 33.7 Å². The molecule has 1 aromatic carbocycles. The molecule has 134 valence electrons. The number of benzene rings is 1. The summed E-state index contributed by atoms with van der Waals surface area (Å²) in [7, 11) is 1.76. The molecule has 0 saturated carbocycles. The van der Waals surface area contributed by atoms with Gasteiger partial charge in [0.05, 0.1) is 28.3 Å². The van der Waals surface area contributed by atoms with E-state index in [-0.39, 0.29) is 6.17 Å². The molecule has 25 heavy (non-hydrogen) atoms. The second kappa shape index (κ2) is 9.97. The first-order chi connectivity index (χ1) is 12.1. The fourth-order valence-electron chi connectivity index (χ4n) is 3.22. The third-order valence-electron chi connectivity index (χ3n) is 4.54. The smallest absolute Gasteiger partial charge is 0.161 e. The molecule has 2 rings (SSSR count). The van der Waals surface area contributed by atoms with Gasteiger partial charge in [0.15, 0.2) is 5.92 Å². The number of hydrogen-bond donors (Lipinski definition) is 2. The molecule has 1 aliphatic heterocycles. The Balaban J connectivity index is 1.87. The second-order valence-corrected chi connectivity index (χ2v) is 7.22. The van der Waals surface area contributed by atoms with Crippen LogP contribution in [0.15, 0.2) is 18.2 Å². The highest BCUT2D eigenvalue weighted by atomic mass is 35.5. The van der Waals surface area contributed by atoms with Crippen molar-refractivity contribution in [2.75, 3.05) is 26.7 Å². The number of hydrogen-bond acceptors (Lipinski definition) is 5. The van der Waals surface area contributed by atoms with Crippen molar-refractivity contribution in [3.63, 3.8) is 0 Å². The molecule has 0 bridgehead atoms. The van der Waals surface area contributed by atoms with E-state index < -0.39 is 5.92 Å². The minimum atomic E-state index is -0.694. The Hall–Kier alpha value is -1.34. The van der Waals surface area contributed by atoms with Gasteiger partial charge in [0.25, 0.3) is 0 Å². The van der Waals surface area contributed by atoms with Crippen LogP contribution < -0.4 is 10.6 Å². The topological polar surface area (TPSA) is 74.9 Å². The Morgan fingerprint density at radius 3 is 2.68 bits per heavy atom. The predicted molar refractivity (Wildman–Crippen MR) is 100 cm³/mol. The SMILES string of the molecule is CNC(NCC1CCCN(Cc2ccc(Cl)c(Cl)c2)C1)C(C#N)C#N. The lowest BCUT2D eigenvalue weighted by molar-refractivity contribution is 0.161. The van der Waals surface area contributed by atoms with Crippen LogP contribution in [-0.2, 0) is 6.54 Å². The van der Waals surface area contributed by atoms with Crippen molar-refractivity contribution >= 4 is 23.2 Å². The van der Waals surface area contributed by atoms with Crippen molar-refractivity contribution in [3.8, 4) is 12.1 Å². The molecule has 0 aromatic heterocycles. The van der Waals surface area contributed by atoms with Gasteiger partial charge in [-0.1, -0.05) is 29.3 Å². The first-order valence-electron chi connectivity index (χ1n) is 8.43. The summed E-state index contributed by atoms with van der Waals surface area (Å²) in [6.45, 7) is 3.67. The maximum absolute atomic E-state index is 9.03. The molecule has 1 fully saturated rings. The highest BCUT2D eigenvalue weighted by Crippen LogP contribution is 2.24. The number of likely N-dealkylation sites (tertiary alicyclic amines) is 1. The molecule has 2 unspecified atom stereocenters. The lowest BCUT2D eigenvalue weighted by Gasteiger charge is -2.34. The van der Waals surface area contributed by atoms with Crippen LogP contribution in [-0.4, -0.2) is 37.7 Å².